The maximum atomic E-state index is 12.3. The van der Waals surface area contributed by atoms with Gasteiger partial charge >= 0.3 is 0 Å². The van der Waals surface area contributed by atoms with E-state index in [0.29, 0.717) is 12.0 Å². The number of nitro groups is 1. The molecule has 0 aliphatic rings. The number of amides is 1. The van der Waals surface area contributed by atoms with Crippen LogP contribution in [0.4, 0.5) is 5.69 Å². The first kappa shape index (κ1) is 21.4. The third-order valence-corrected chi connectivity index (χ3v) is 5.31. The number of aliphatic hydroxyl groups excluding tert-OH is 1. The Morgan fingerprint density at radius 1 is 1.23 bits per heavy atom. The molecule has 0 saturated carbocycles. The van der Waals surface area contributed by atoms with Crippen LogP contribution in [0.15, 0.2) is 24.3 Å². The average molecular weight is 411 g/mol. The minimum Gasteiger partial charge on any atom is -0.387 e. The number of aryl methyl sites for hydroxylation is 4. The summed E-state index contributed by atoms with van der Waals surface area (Å²) in [6, 6.07) is 5.63. The Hall–Kier alpha value is -3.33. The number of carbonyl (C=O) groups is 1. The van der Waals surface area contributed by atoms with E-state index >= 15 is 0 Å². The molecule has 9 heteroatoms. The molecule has 30 heavy (non-hydrogen) atoms. The highest BCUT2D eigenvalue weighted by atomic mass is 16.6. The Bertz CT molecular complexity index is 1110. The predicted octanol–water partition coefficient (Wildman–Crippen LogP) is 2.58. The van der Waals surface area contributed by atoms with Crippen LogP contribution in [0.2, 0.25) is 0 Å². The SMILES string of the molecule is Cc1nc2c(c(C)nn2C)c(C)c1CCC(=O)NCC(O)c1ccc([N+](=O)[O-])cc1. The number of hydrogen-bond acceptors (Lipinski definition) is 6. The van der Waals surface area contributed by atoms with E-state index in [-0.39, 0.29) is 24.6 Å². The number of non-ortho nitro benzene ring substituents is 1. The molecule has 3 rings (SSSR count). The summed E-state index contributed by atoms with van der Waals surface area (Å²) in [5.41, 5.74) is 5.20. The van der Waals surface area contributed by atoms with Crippen LogP contribution >= 0.6 is 0 Å². The normalized spacial score (nSPS) is 12.2. The van der Waals surface area contributed by atoms with Crippen molar-refractivity contribution in [2.75, 3.05) is 6.54 Å². The van der Waals surface area contributed by atoms with Crippen LogP contribution in [-0.2, 0) is 18.3 Å². The molecule has 158 valence electrons. The van der Waals surface area contributed by atoms with Gasteiger partial charge in [-0.05, 0) is 56.0 Å². The Kier molecular flexibility index (Phi) is 6.12. The predicted molar refractivity (Wildman–Crippen MR) is 112 cm³/mol. The Morgan fingerprint density at radius 2 is 1.90 bits per heavy atom. The standard InChI is InChI=1S/C21H25N5O4/c1-12-17(13(2)23-21-20(12)14(3)24-25(21)4)9-10-19(28)22-11-18(27)15-5-7-16(8-6-15)26(29)30/h5-8,18,27H,9-11H2,1-4H3,(H,22,28). The summed E-state index contributed by atoms with van der Waals surface area (Å²) in [6.07, 6.45) is -0.135. The zero-order chi connectivity index (χ0) is 22.0. The number of nitrogens with one attached hydrogen (secondary N) is 1. The highest BCUT2D eigenvalue weighted by Gasteiger charge is 2.17. The molecule has 1 unspecified atom stereocenters. The highest BCUT2D eigenvalue weighted by molar-refractivity contribution is 5.84. The zero-order valence-electron chi connectivity index (χ0n) is 17.5. The van der Waals surface area contributed by atoms with Crippen molar-refractivity contribution in [1.82, 2.24) is 20.1 Å². The Balaban J connectivity index is 1.61. The number of fused-ring (bicyclic) bond motifs is 1. The largest absolute Gasteiger partial charge is 0.387 e. The maximum Gasteiger partial charge on any atom is 0.269 e. The van der Waals surface area contributed by atoms with Crippen LogP contribution in [0.1, 0.15) is 40.6 Å². The Morgan fingerprint density at radius 3 is 2.53 bits per heavy atom. The molecule has 0 aliphatic carbocycles. The number of aromatic nitrogens is 3. The van der Waals surface area contributed by atoms with Crippen molar-refractivity contribution in [3.8, 4) is 0 Å². The number of pyridine rings is 1. The number of carbonyl (C=O) groups excluding carboxylic acids is 1. The molecule has 0 spiro atoms. The number of nitrogens with zero attached hydrogens (tertiary/aromatic N) is 4. The maximum absolute atomic E-state index is 12.3. The summed E-state index contributed by atoms with van der Waals surface area (Å²) in [7, 11) is 1.87. The molecule has 1 atom stereocenters. The van der Waals surface area contributed by atoms with E-state index in [1.807, 2.05) is 27.8 Å². The van der Waals surface area contributed by atoms with Gasteiger partial charge in [-0.2, -0.15) is 5.10 Å². The molecule has 2 N–H and O–H groups in total. The first-order valence-electron chi connectivity index (χ1n) is 9.67. The van der Waals surface area contributed by atoms with Gasteiger partial charge in [-0.1, -0.05) is 0 Å². The van der Waals surface area contributed by atoms with Gasteiger partial charge in [0, 0.05) is 43.2 Å². The molecule has 2 heterocycles. The van der Waals surface area contributed by atoms with Crippen molar-refractivity contribution < 1.29 is 14.8 Å². The molecule has 1 amide bonds. The highest BCUT2D eigenvalue weighted by Crippen LogP contribution is 2.26. The van der Waals surface area contributed by atoms with E-state index in [2.05, 4.69) is 15.4 Å². The van der Waals surface area contributed by atoms with Gasteiger partial charge in [0.15, 0.2) is 5.65 Å². The van der Waals surface area contributed by atoms with Crippen LogP contribution in [-0.4, -0.2) is 37.2 Å². The zero-order valence-corrected chi connectivity index (χ0v) is 17.5. The summed E-state index contributed by atoms with van der Waals surface area (Å²) in [5.74, 6) is -0.183. The van der Waals surface area contributed by atoms with Crippen LogP contribution in [0.5, 0.6) is 0 Å². The molecule has 0 saturated heterocycles. The molecular weight excluding hydrogens is 386 g/mol. The van der Waals surface area contributed by atoms with Gasteiger partial charge in [0.2, 0.25) is 5.91 Å². The molecular formula is C21H25N5O4. The van der Waals surface area contributed by atoms with Gasteiger partial charge in [-0.15, -0.1) is 0 Å². The van der Waals surface area contributed by atoms with Crippen LogP contribution < -0.4 is 5.32 Å². The van der Waals surface area contributed by atoms with Crippen LogP contribution in [0.3, 0.4) is 0 Å². The topological polar surface area (TPSA) is 123 Å². The second-order valence-corrected chi connectivity index (χ2v) is 7.38. The number of aliphatic hydroxyl groups is 1. The molecule has 0 aliphatic heterocycles. The lowest BCUT2D eigenvalue weighted by atomic mass is 9.99. The fraction of sp³-hybridized carbons (Fsp3) is 0.381. The van der Waals surface area contributed by atoms with Gasteiger partial charge in [0.1, 0.15) is 0 Å². The number of rotatable bonds is 7. The van der Waals surface area contributed by atoms with Gasteiger partial charge in [0.25, 0.3) is 5.69 Å². The van der Waals surface area contributed by atoms with E-state index in [4.69, 9.17) is 0 Å². The summed E-state index contributed by atoms with van der Waals surface area (Å²) >= 11 is 0. The lowest BCUT2D eigenvalue weighted by Gasteiger charge is -2.14. The van der Waals surface area contributed by atoms with Crippen LogP contribution in [0, 0.1) is 30.9 Å². The fourth-order valence-electron chi connectivity index (χ4n) is 3.70. The number of benzene rings is 1. The van der Waals surface area contributed by atoms with Crippen molar-refractivity contribution >= 4 is 22.6 Å². The summed E-state index contributed by atoms with van der Waals surface area (Å²) in [5, 5.41) is 29.1. The van der Waals surface area contributed by atoms with Crippen LogP contribution in [0.25, 0.3) is 11.0 Å². The van der Waals surface area contributed by atoms with E-state index in [1.54, 1.807) is 4.68 Å². The lowest BCUT2D eigenvalue weighted by molar-refractivity contribution is -0.384. The van der Waals surface area contributed by atoms with Crippen molar-refractivity contribution in [1.29, 1.82) is 0 Å². The minimum absolute atomic E-state index is 0.0353. The van der Waals surface area contributed by atoms with Gasteiger partial charge in [-0.3, -0.25) is 19.6 Å². The third kappa shape index (κ3) is 4.30. The molecule has 9 nitrogen and oxygen atoms in total. The quantitative estimate of drug-likeness (QED) is 0.455. The first-order valence-corrected chi connectivity index (χ1v) is 9.67. The summed E-state index contributed by atoms with van der Waals surface area (Å²) < 4.78 is 1.76. The monoisotopic (exact) mass is 411 g/mol. The van der Waals surface area contributed by atoms with E-state index in [0.717, 1.165) is 33.5 Å². The fourth-order valence-corrected chi connectivity index (χ4v) is 3.70. The second-order valence-electron chi connectivity index (χ2n) is 7.38. The molecule has 3 aromatic rings. The Labute approximate surface area is 173 Å². The first-order chi connectivity index (χ1) is 14.2. The average Bonchev–Trinajstić information content (AvgIpc) is 2.99. The van der Waals surface area contributed by atoms with E-state index in [1.165, 1.54) is 24.3 Å². The van der Waals surface area contributed by atoms with Gasteiger partial charge < -0.3 is 10.4 Å². The molecule has 0 bridgehead atoms. The van der Waals surface area contributed by atoms with Crippen molar-refractivity contribution in [3.05, 3.63) is 62.5 Å². The lowest BCUT2D eigenvalue weighted by Crippen LogP contribution is -2.28. The van der Waals surface area contributed by atoms with Gasteiger partial charge in [-0.25, -0.2) is 4.98 Å². The molecule has 0 radical (unpaired) electrons. The van der Waals surface area contributed by atoms with Crippen molar-refractivity contribution in [2.45, 2.75) is 39.7 Å². The van der Waals surface area contributed by atoms with E-state index < -0.39 is 11.0 Å². The number of hydrogen-bond donors (Lipinski definition) is 2. The third-order valence-electron chi connectivity index (χ3n) is 5.31. The van der Waals surface area contributed by atoms with Crippen molar-refractivity contribution in [2.24, 2.45) is 7.05 Å². The summed E-state index contributed by atoms with van der Waals surface area (Å²) in [6.45, 7) is 5.94. The molecule has 0 fully saturated rings. The van der Waals surface area contributed by atoms with E-state index in [9.17, 15) is 20.0 Å². The minimum atomic E-state index is -0.936. The molecule has 2 aromatic heterocycles. The van der Waals surface area contributed by atoms with Gasteiger partial charge in [0.05, 0.1) is 16.7 Å². The smallest absolute Gasteiger partial charge is 0.269 e. The second kappa shape index (κ2) is 8.58. The number of nitro benzene ring substituents is 1. The van der Waals surface area contributed by atoms with Crippen molar-refractivity contribution in [3.63, 3.8) is 0 Å². The summed E-state index contributed by atoms with van der Waals surface area (Å²) in [4.78, 5) is 27.2. The molecule has 1 aromatic carbocycles.